The molecular formula is C42H55NO12. The first kappa shape index (κ1) is 40.6. The Bertz CT molecular complexity index is 1530. The number of Topliss-reactive ketones (excluding diaryl/α,β-unsaturated/α-hetero) is 1. The number of fused-ring (bicyclic) bond motifs is 6. The highest BCUT2D eigenvalue weighted by Crippen LogP contribution is 2.51. The summed E-state index contributed by atoms with van der Waals surface area (Å²) in [6.07, 6.45) is 10.3. The van der Waals surface area contributed by atoms with Crippen LogP contribution in [0.4, 0.5) is 0 Å². The van der Waals surface area contributed by atoms with Crippen LogP contribution in [0.2, 0.25) is 0 Å². The Morgan fingerprint density at radius 2 is 1.22 bits per heavy atom. The first-order valence-corrected chi connectivity index (χ1v) is 19.9. The topological polar surface area (TPSA) is 176 Å². The molecule has 300 valence electrons. The van der Waals surface area contributed by atoms with E-state index in [4.69, 9.17) is 28.4 Å². The first-order valence-electron chi connectivity index (χ1n) is 19.9. The van der Waals surface area contributed by atoms with E-state index in [1.54, 1.807) is 0 Å². The summed E-state index contributed by atoms with van der Waals surface area (Å²) >= 11 is 0. The number of carbonyl (C=O) groups excluding carboxylic acids is 6. The number of rotatable bonds is 15. The van der Waals surface area contributed by atoms with Crippen molar-refractivity contribution in [3.63, 3.8) is 0 Å². The zero-order valence-corrected chi connectivity index (χ0v) is 32.2. The molecule has 8 atom stereocenters. The van der Waals surface area contributed by atoms with Gasteiger partial charge in [0.1, 0.15) is 43.4 Å². The standard InChI is InChI=1S/C42H55NO12/c1-25-30-15-12-27(9-7-20-41(3)37(54-41)35(30)52-39(25)48)23-50-33(46)18-14-29(44)11-5-6-22-43-32(45)17-19-34(47)51-24-28-10-8-21-42(4)38(55-42)36-31(16-13-28)26(2)40(49)53-36/h9-10,30-31,35-38H,1-2,5-8,11-24H2,3-4H3,(H,43,45)/b27-9+,28-10+/t30-,31-,35-,36-,37-,38-,41+,42+/m0/s1. The maximum absolute atomic E-state index is 12.5. The summed E-state index contributed by atoms with van der Waals surface area (Å²) in [6, 6.07) is 0. The van der Waals surface area contributed by atoms with Gasteiger partial charge in [-0.15, -0.1) is 0 Å². The van der Waals surface area contributed by atoms with Gasteiger partial charge < -0.3 is 33.7 Å². The maximum atomic E-state index is 12.5. The Balaban J connectivity index is 0.800. The van der Waals surface area contributed by atoms with Crippen LogP contribution in [0.1, 0.15) is 110 Å². The molecule has 4 heterocycles. The maximum Gasteiger partial charge on any atom is 0.334 e. The lowest BCUT2D eigenvalue weighted by Gasteiger charge is -2.20. The van der Waals surface area contributed by atoms with E-state index in [1.807, 2.05) is 13.8 Å². The summed E-state index contributed by atoms with van der Waals surface area (Å²) < 4.78 is 34.1. The van der Waals surface area contributed by atoms with Gasteiger partial charge in [-0.2, -0.15) is 0 Å². The smallest absolute Gasteiger partial charge is 0.334 e. The van der Waals surface area contributed by atoms with Crippen LogP contribution >= 0.6 is 0 Å². The van der Waals surface area contributed by atoms with Gasteiger partial charge >= 0.3 is 23.9 Å². The molecule has 1 N–H and O–H groups in total. The van der Waals surface area contributed by atoms with E-state index in [9.17, 15) is 28.8 Å². The van der Waals surface area contributed by atoms with E-state index in [1.165, 1.54) is 0 Å². The lowest BCUT2D eigenvalue weighted by Crippen LogP contribution is -2.29. The van der Waals surface area contributed by atoms with E-state index in [0.29, 0.717) is 56.2 Å². The summed E-state index contributed by atoms with van der Waals surface area (Å²) in [5, 5.41) is 2.78. The van der Waals surface area contributed by atoms with Gasteiger partial charge in [0.25, 0.3) is 0 Å². The number of hydrogen-bond acceptors (Lipinski definition) is 12. The van der Waals surface area contributed by atoms with E-state index in [0.717, 1.165) is 36.8 Å². The van der Waals surface area contributed by atoms with Crippen LogP contribution < -0.4 is 5.32 Å². The number of ether oxygens (including phenoxy) is 6. The fraction of sp³-hybridized carbons (Fsp3) is 0.667. The Labute approximate surface area is 322 Å². The average molecular weight is 766 g/mol. The SMILES string of the molecule is C=C1C(=O)O[C@H]2[C@H]1CC/C(COC(=O)CCC(=O)CCCCNC(=O)CCC(=O)OC/C1=C/CC[C@@]3(C)O[C@H]3[C@H]3OC(=O)C(=C)[C@@H]3CC1)=C\CC[C@@]1(C)O[C@@H]21. The lowest BCUT2D eigenvalue weighted by molar-refractivity contribution is -0.144. The molecule has 0 spiro atoms. The van der Waals surface area contributed by atoms with Gasteiger partial charge in [0.05, 0.1) is 24.0 Å². The normalized spacial score (nSPS) is 34.4. The molecule has 6 rings (SSSR count). The summed E-state index contributed by atoms with van der Waals surface area (Å²) in [6.45, 7) is 12.5. The van der Waals surface area contributed by atoms with E-state index < -0.39 is 11.9 Å². The average Bonchev–Trinajstić information content (AvgIpc) is 3.96. The van der Waals surface area contributed by atoms with Crippen molar-refractivity contribution in [2.24, 2.45) is 11.8 Å². The zero-order valence-electron chi connectivity index (χ0n) is 32.2. The molecule has 0 radical (unpaired) electrons. The molecule has 0 aromatic carbocycles. The van der Waals surface area contributed by atoms with Crippen LogP contribution in [0, 0.1) is 11.8 Å². The van der Waals surface area contributed by atoms with Gasteiger partial charge in [-0.05, 0) is 89.2 Å². The van der Waals surface area contributed by atoms with Crippen molar-refractivity contribution < 1.29 is 57.2 Å². The minimum absolute atomic E-state index is 0.00477. The van der Waals surface area contributed by atoms with Crippen LogP contribution in [-0.2, 0) is 57.2 Å². The molecule has 0 saturated carbocycles. The summed E-state index contributed by atoms with van der Waals surface area (Å²) in [7, 11) is 0. The summed E-state index contributed by atoms with van der Waals surface area (Å²) in [4.78, 5) is 74.0. The van der Waals surface area contributed by atoms with Crippen LogP contribution in [0.25, 0.3) is 0 Å². The molecule has 1 amide bonds. The number of epoxide rings is 2. The van der Waals surface area contributed by atoms with Crippen molar-refractivity contribution in [2.45, 2.75) is 146 Å². The Hall–Kier alpha value is -4.10. The Kier molecular flexibility index (Phi) is 12.8. The number of amides is 1. The quantitative estimate of drug-likeness (QED) is 0.0591. The molecule has 4 fully saturated rings. The highest BCUT2D eigenvalue weighted by Gasteiger charge is 2.62. The number of unbranched alkanes of at least 4 members (excludes halogenated alkanes) is 1. The van der Waals surface area contributed by atoms with E-state index in [-0.39, 0.29) is 116 Å². The van der Waals surface area contributed by atoms with Crippen molar-refractivity contribution in [3.8, 4) is 0 Å². The Morgan fingerprint density at radius 3 is 1.73 bits per heavy atom. The van der Waals surface area contributed by atoms with Crippen LogP contribution in [0.15, 0.2) is 47.6 Å². The second kappa shape index (κ2) is 17.4. The zero-order chi connectivity index (χ0) is 39.3. The number of ketones is 1. The number of hydrogen-bond donors (Lipinski definition) is 1. The predicted molar refractivity (Wildman–Crippen MR) is 197 cm³/mol. The molecule has 55 heavy (non-hydrogen) atoms. The molecule has 4 saturated heterocycles. The van der Waals surface area contributed by atoms with Crippen molar-refractivity contribution >= 4 is 35.6 Å². The van der Waals surface area contributed by atoms with Gasteiger partial charge in [0, 0.05) is 48.8 Å². The molecule has 0 aromatic heterocycles. The third kappa shape index (κ3) is 10.2. The van der Waals surface area contributed by atoms with Crippen molar-refractivity contribution in [2.75, 3.05) is 19.8 Å². The van der Waals surface area contributed by atoms with Gasteiger partial charge in [0.15, 0.2) is 0 Å². The van der Waals surface area contributed by atoms with E-state index in [2.05, 4.69) is 30.6 Å². The van der Waals surface area contributed by atoms with Crippen molar-refractivity contribution in [1.29, 1.82) is 0 Å². The molecule has 0 unspecified atom stereocenters. The number of nitrogens with one attached hydrogen (secondary N) is 1. The first-order chi connectivity index (χ1) is 26.3. The highest BCUT2D eigenvalue weighted by atomic mass is 16.7. The molecule has 13 heteroatoms. The molecular weight excluding hydrogens is 710 g/mol. The largest absolute Gasteiger partial charge is 0.461 e. The predicted octanol–water partition coefficient (Wildman–Crippen LogP) is 5.00. The van der Waals surface area contributed by atoms with Gasteiger partial charge in [-0.1, -0.05) is 25.3 Å². The summed E-state index contributed by atoms with van der Waals surface area (Å²) in [5.74, 6) is -2.24. The van der Waals surface area contributed by atoms with Gasteiger partial charge in [-0.25, -0.2) is 9.59 Å². The minimum Gasteiger partial charge on any atom is -0.461 e. The minimum atomic E-state index is -0.467. The fourth-order valence-electron chi connectivity index (χ4n) is 8.34. The molecule has 6 aliphatic rings. The second-order valence-corrected chi connectivity index (χ2v) is 16.3. The fourth-order valence-corrected chi connectivity index (χ4v) is 8.34. The molecule has 2 aliphatic carbocycles. The molecule has 4 aliphatic heterocycles. The monoisotopic (exact) mass is 765 g/mol. The van der Waals surface area contributed by atoms with Gasteiger partial charge in [0.2, 0.25) is 5.91 Å². The Morgan fingerprint density at radius 1 is 0.727 bits per heavy atom. The van der Waals surface area contributed by atoms with Gasteiger partial charge in [-0.3, -0.25) is 19.2 Å². The number of esters is 4. The number of carbonyl (C=O) groups is 6. The molecule has 13 nitrogen and oxygen atoms in total. The second-order valence-electron chi connectivity index (χ2n) is 16.3. The molecule has 0 bridgehead atoms. The van der Waals surface area contributed by atoms with E-state index >= 15 is 0 Å². The van der Waals surface area contributed by atoms with Crippen LogP contribution in [0.3, 0.4) is 0 Å². The highest BCUT2D eigenvalue weighted by molar-refractivity contribution is 5.91. The third-order valence-electron chi connectivity index (χ3n) is 12.1. The number of allylic oxidation sites excluding steroid dienone is 2. The summed E-state index contributed by atoms with van der Waals surface area (Å²) in [5.41, 5.74) is 2.17. The molecule has 0 aromatic rings. The van der Waals surface area contributed by atoms with Crippen LogP contribution in [0.5, 0.6) is 0 Å². The lowest BCUT2D eigenvalue weighted by atomic mass is 9.84. The van der Waals surface area contributed by atoms with Crippen LogP contribution in [-0.4, -0.2) is 90.9 Å². The third-order valence-corrected chi connectivity index (χ3v) is 12.1. The van der Waals surface area contributed by atoms with Crippen molar-refractivity contribution in [3.05, 3.63) is 47.6 Å². The van der Waals surface area contributed by atoms with Crippen molar-refractivity contribution in [1.82, 2.24) is 5.32 Å².